The van der Waals surface area contributed by atoms with Crippen LogP contribution in [0.2, 0.25) is 0 Å². The molecule has 0 bridgehead atoms. The molecule has 0 aliphatic carbocycles. The van der Waals surface area contributed by atoms with Crippen LogP contribution in [0.1, 0.15) is 15.9 Å². The minimum atomic E-state index is -0.373. The number of benzene rings is 2. The van der Waals surface area contributed by atoms with Gasteiger partial charge in [0.15, 0.2) is 0 Å². The minimum absolute atomic E-state index is 0.0945. The molecule has 3 aromatic rings. The molecular formula is C23H25FN2O2S. The summed E-state index contributed by atoms with van der Waals surface area (Å²) in [6.45, 7) is 5.24. The van der Waals surface area contributed by atoms with Crippen LogP contribution in [-0.4, -0.2) is 61.6 Å². The average Bonchev–Trinajstić information content (AvgIpc) is 3.21. The molecule has 0 saturated carbocycles. The van der Waals surface area contributed by atoms with Gasteiger partial charge in [0.25, 0.3) is 5.91 Å². The van der Waals surface area contributed by atoms with Crippen molar-refractivity contribution in [1.29, 1.82) is 0 Å². The van der Waals surface area contributed by atoms with E-state index in [1.165, 1.54) is 27.8 Å². The zero-order valence-electron chi connectivity index (χ0n) is 16.4. The van der Waals surface area contributed by atoms with E-state index in [0.29, 0.717) is 31.9 Å². The van der Waals surface area contributed by atoms with E-state index >= 15 is 0 Å². The van der Waals surface area contributed by atoms with E-state index in [1.54, 1.807) is 28.4 Å². The molecule has 29 heavy (non-hydrogen) atoms. The van der Waals surface area contributed by atoms with E-state index in [9.17, 15) is 9.18 Å². The number of halogens is 1. The molecule has 1 amide bonds. The number of ether oxygens (including phenoxy) is 1. The number of hydrogen-bond donors (Lipinski definition) is 0. The molecule has 1 saturated heterocycles. The fraction of sp³-hybridized carbons (Fsp3) is 0.348. The van der Waals surface area contributed by atoms with Crippen LogP contribution < -0.4 is 0 Å². The van der Waals surface area contributed by atoms with E-state index in [1.807, 2.05) is 0 Å². The summed E-state index contributed by atoms with van der Waals surface area (Å²) in [5, 5.41) is 3.43. The molecule has 4 nitrogen and oxygen atoms in total. The maximum atomic E-state index is 13.3. The van der Waals surface area contributed by atoms with Gasteiger partial charge in [-0.1, -0.05) is 18.2 Å². The summed E-state index contributed by atoms with van der Waals surface area (Å²) in [7, 11) is 0. The first-order valence-corrected chi connectivity index (χ1v) is 10.9. The molecular weight excluding hydrogens is 387 g/mol. The zero-order chi connectivity index (χ0) is 20.1. The number of nitrogens with zero attached hydrogens (tertiary/aromatic N) is 2. The second-order valence-corrected chi connectivity index (χ2v) is 8.25. The van der Waals surface area contributed by atoms with Gasteiger partial charge in [-0.05, 0) is 53.1 Å². The van der Waals surface area contributed by atoms with Gasteiger partial charge in [-0.2, -0.15) is 0 Å². The van der Waals surface area contributed by atoms with Crippen molar-refractivity contribution in [3.05, 3.63) is 70.9 Å². The van der Waals surface area contributed by atoms with Crippen LogP contribution in [0.5, 0.6) is 0 Å². The van der Waals surface area contributed by atoms with Gasteiger partial charge in [0.05, 0.1) is 13.2 Å². The van der Waals surface area contributed by atoms with Crippen LogP contribution in [0.4, 0.5) is 4.39 Å². The summed E-state index contributed by atoms with van der Waals surface area (Å²) in [5.74, 6) is -0.468. The summed E-state index contributed by atoms with van der Waals surface area (Å²) < 4.78 is 20.5. The quantitative estimate of drug-likeness (QED) is 0.549. The van der Waals surface area contributed by atoms with Crippen LogP contribution >= 0.6 is 11.3 Å². The molecule has 0 unspecified atom stereocenters. The molecule has 1 aliphatic rings. The van der Waals surface area contributed by atoms with Crippen molar-refractivity contribution in [3.8, 4) is 0 Å². The third-order valence-corrected chi connectivity index (χ3v) is 6.23. The number of carbonyl (C=O) groups excluding carboxylic acids is 1. The van der Waals surface area contributed by atoms with E-state index in [2.05, 4.69) is 34.5 Å². The van der Waals surface area contributed by atoms with Crippen molar-refractivity contribution in [3.63, 3.8) is 0 Å². The maximum absolute atomic E-state index is 13.3. The zero-order valence-corrected chi connectivity index (χ0v) is 17.2. The number of amides is 1. The SMILES string of the molecule is O=C(c1cccc(F)c1)N1CCN(CCOCCc2ccc3sccc3c2)CC1. The Balaban J connectivity index is 1.14. The monoisotopic (exact) mass is 412 g/mol. The molecule has 2 heterocycles. The Bertz CT molecular complexity index is 966. The molecule has 0 spiro atoms. The summed E-state index contributed by atoms with van der Waals surface area (Å²) in [6.07, 6.45) is 0.918. The molecule has 0 atom stereocenters. The lowest BCUT2D eigenvalue weighted by molar-refractivity contribution is 0.0554. The predicted octanol–water partition coefficient (Wildman–Crippen LogP) is 4.06. The molecule has 1 aromatic heterocycles. The second kappa shape index (κ2) is 9.48. The highest BCUT2D eigenvalue weighted by Gasteiger charge is 2.22. The Labute approximate surface area is 174 Å². The van der Waals surface area contributed by atoms with Crippen molar-refractivity contribution in [2.75, 3.05) is 45.9 Å². The first kappa shape index (κ1) is 20.0. The van der Waals surface area contributed by atoms with Gasteiger partial charge in [0.1, 0.15) is 5.82 Å². The number of carbonyl (C=O) groups is 1. The highest BCUT2D eigenvalue weighted by molar-refractivity contribution is 7.17. The van der Waals surface area contributed by atoms with Gasteiger partial charge in [-0.3, -0.25) is 9.69 Å². The van der Waals surface area contributed by atoms with Crippen molar-refractivity contribution in [1.82, 2.24) is 9.80 Å². The van der Waals surface area contributed by atoms with Gasteiger partial charge in [-0.25, -0.2) is 4.39 Å². The predicted molar refractivity (Wildman–Crippen MR) is 115 cm³/mol. The Hall–Kier alpha value is -2.28. The Kier molecular flexibility index (Phi) is 6.54. The smallest absolute Gasteiger partial charge is 0.254 e. The van der Waals surface area contributed by atoms with Crippen LogP contribution in [0.3, 0.4) is 0 Å². The van der Waals surface area contributed by atoms with Crippen LogP contribution in [0.15, 0.2) is 53.9 Å². The fourth-order valence-electron chi connectivity index (χ4n) is 3.64. The minimum Gasteiger partial charge on any atom is -0.380 e. The Morgan fingerprint density at radius 2 is 1.90 bits per heavy atom. The van der Waals surface area contributed by atoms with Gasteiger partial charge < -0.3 is 9.64 Å². The lowest BCUT2D eigenvalue weighted by Crippen LogP contribution is -2.49. The van der Waals surface area contributed by atoms with E-state index in [-0.39, 0.29) is 11.7 Å². The van der Waals surface area contributed by atoms with Crippen LogP contribution in [0.25, 0.3) is 10.1 Å². The van der Waals surface area contributed by atoms with Crippen molar-refractivity contribution in [2.45, 2.75) is 6.42 Å². The number of fused-ring (bicyclic) bond motifs is 1. The first-order valence-electron chi connectivity index (χ1n) is 10.00. The summed E-state index contributed by atoms with van der Waals surface area (Å²) in [6, 6.07) is 14.7. The normalized spacial score (nSPS) is 15.1. The van der Waals surface area contributed by atoms with Crippen molar-refractivity contribution < 1.29 is 13.9 Å². The molecule has 6 heteroatoms. The summed E-state index contributed by atoms with van der Waals surface area (Å²) >= 11 is 1.77. The highest BCUT2D eigenvalue weighted by Crippen LogP contribution is 2.21. The van der Waals surface area contributed by atoms with Crippen molar-refractivity contribution in [2.24, 2.45) is 0 Å². The number of thiophene rings is 1. The van der Waals surface area contributed by atoms with E-state index in [0.717, 1.165) is 26.1 Å². The molecule has 1 fully saturated rings. The standard InChI is InChI=1S/C23H25FN2O2S/c24-21-3-1-2-20(17-21)23(27)26-10-8-25(9-11-26)12-14-28-13-6-18-4-5-22-19(16-18)7-15-29-22/h1-5,7,15-17H,6,8-14H2. The lowest BCUT2D eigenvalue weighted by atomic mass is 10.1. The summed E-state index contributed by atoms with van der Waals surface area (Å²) in [4.78, 5) is 16.6. The molecule has 4 rings (SSSR count). The molecule has 0 N–H and O–H groups in total. The molecule has 1 aliphatic heterocycles. The Morgan fingerprint density at radius 3 is 2.72 bits per heavy atom. The fourth-order valence-corrected chi connectivity index (χ4v) is 4.41. The van der Waals surface area contributed by atoms with Crippen molar-refractivity contribution >= 4 is 27.3 Å². The molecule has 2 aromatic carbocycles. The van der Waals surface area contributed by atoms with Crippen LogP contribution in [0, 0.1) is 5.82 Å². The molecule has 152 valence electrons. The lowest BCUT2D eigenvalue weighted by Gasteiger charge is -2.34. The van der Waals surface area contributed by atoms with E-state index < -0.39 is 0 Å². The second-order valence-electron chi connectivity index (χ2n) is 7.30. The van der Waals surface area contributed by atoms with Gasteiger partial charge in [0, 0.05) is 43.0 Å². The average molecular weight is 413 g/mol. The number of hydrogen-bond acceptors (Lipinski definition) is 4. The number of rotatable bonds is 7. The van der Waals surface area contributed by atoms with Gasteiger partial charge >= 0.3 is 0 Å². The van der Waals surface area contributed by atoms with Gasteiger partial charge in [0.2, 0.25) is 0 Å². The largest absolute Gasteiger partial charge is 0.380 e. The third-order valence-electron chi connectivity index (χ3n) is 5.33. The number of piperazine rings is 1. The van der Waals surface area contributed by atoms with E-state index in [4.69, 9.17) is 4.74 Å². The first-order chi connectivity index (χ1) is 14.2. The molecule has 0 radical (unpaired) electrons. The summed E-state index contributed by atoms with van der Waals surface area (Å²) in [5.41, 5.74) is 1.72. The Morgan fingerprint density at radius 1 is 1.03 bits per heavy atom. The topological polar surface area (TPSA) is 32.8 Å². The van der Waals surface area contributed by atoms with Crippen LogP contribution in [-0.2, 0) is 11.2 Å². The third kappa shape index (κ3) is 5.21. The maximum Gasteiger partial charge on any atom is 0.254 e. The van der Waals surface area contributed by atoms with Gasteiger partial charge in [-0.15, -0.1) is 11.3 Å². The highest BCUT2D eigenvalue weighted by atomic mass is 32.1.